The number of nitrogens with zero attached hydrogens (tertiary/aromatic N) is 1. The molecule has 0 spiro atoms. The lowest BCUT2D eigenvalue weighted by atomic mass is 10.2. The molecule has 2 N–H and O–H groups in total. The average molecular weight is 645 g/mol. The number of benzene rings is 3. The van der Waals surface area contributed by atoms with Gasteiger partial charge < -0.3 is 10.1 Å². The molecule has 0 aliphatic carbocycles. The minimum absolute atomic E-state index is 0.227. The van der Waals surface area contributed by atoms with Crippen LogP contribution >= 0.6 is 59.4 Å². The number of halogens is 4. The highest BCUT2D eigenvalue weighted by atomic mass is 79.9. The number of hydrogen-bond donors (Lipinski definition) is 2. The third kappa shape index (κ3) is 7.16. The Balaban J connectivity index is 1.66. The van der Waals surface area contributed by atoms with Gasteiger partial charge >= 0.3 is 0 Å². The van der Waals surface area contributed by atoms with Gasteiger partial charge in [-0.25, -0.2) is 5.43 Å². The van der Waals surface area contributed by atoms with Crippen LogP contribution in [0.1, 0.15) is 15.9 Å². The minimum Gasteiger partial charge on any atom is -0.482 e. The summed E-state index contributed by atoms with van der Waals surface area (Å²) in [5.41, 5.74) is 4.11. The number of nitrogens with one attached hydrogen (secondary N) is 2. The maximum absolute atomic E-state index is 12.3. The van der Waals surface area contributed by atoms with Crippen molar-refractivity contribution in [2.24, 2.45) is 5.10 Å². The van der Waals surface area contributed by atoms with E-state index in [1.807, 2.05) is 0 Å². The Morgan fingerprint density at radius 3 is 2.34 bits per heavy atom. The molecule has 0 fully saturated rings. The van der Waals surface area contributed by atoms with Crippen molar-refractivity contribution in [1.29, 1.82) is 0 Å². The molecule has 0 bridgehead atoms. The fraction of sp³-hybridized carbons (Fsp3) is 0.0455. The predicted octanol–water partition coefficient (Wildman–Crippen LogP) is 6.41. The summed E-state index contributed by atoms with van der Waals surface area (Å²) in [5.74, 6) is -0.290. The Kier molecular flexibility index (Phi) is 8.86. The van der Waals surface area contributed by atoms with Gasteiger partial charge in [0.15, 0.2) is 6.61 Å². The molecule has 3 aromatic rings. The lowest BCUT2D eigenvalue weighted by Gasteiger charge is -2.12. The summed E-state index contributed by atoms with van der Waals surface area (Å²) in [6.45, 7) is -0.227. The van der Waals surface area contributed by atoms with E-state index in [4.69, 9.17) is 16.3 Å². The van der Waals surface area contributed by atoms with Crippen molar-refractivity contribution < 1.29 is 14.3 Å². The zero-order valence-electron chi connectivity index (χ0n) is 16.2. The molecule has 10 heteroatoms. The van der Waals surface area contributed by atoms with E-state index in [0.717, 1.165) is 8.95 Å². The van der Waals surface area contributed by atoms with Gasteiger partial charge in [-0.1, -0.05) is 43.5 Å². The summed E-state index contributed by atoms with van der Waals surface area (Å²) < 4.78 is 7.98. The average Bonchev–Trinajstić information content (AvgIpc) is 2.75. The summed E-state index contributed by atoms with van der Waals surface area (Å²) in [6.07, 6.45) is 1.44. The van der Waals surface area contributed by atoms with Gasteiger partial charge in [0, 0.05) is 30.8 Å². The summed E-state index contributed by atoms with van der Waals surface area (Å²) in [6, 6.07) is 17.2. The molecule has 6 nitrogen and oxygen atoms in total. The molecule has 2 amide bonds. The number of carbonyl (C=O) groups excluding carboxylic acids is 2. The number of amides is 2. The molecular weight excluding hydrogens is 629 g/mol. The molecule has 0 unspecified atom stereocenters. The van der Waals surface area contributed by atoms with Crippen LogP contribution < -0.4 is 15.5 Å². The largest absolute Gasteiger partial charge is 0.482 e. The van der Waals surface area contributed by atoms with E-state index < -0.39 is 0 Å². The number of anilines is 1. The summed E-state index contributed by atoms with van der Waals surface area (Å²) in [7, 11) is 0. The van der Waals surface area contributed by atoms with Crippen LogP contribution in [-0.4, -0.2) is 24.6 Å². The van der Waals surface area contributed by atoms with Crippen LogP contribution in [-0.2, 0) is 4.79 Å². The normalized spacial score (nSPS) is 10.8. The van der Waals surface area contributed by atoms with Crippen LogP contribution in [0.2, 0.25) is 5.02 Å². The molecule has 0 atom stereocenters. The van der Waals surface area contributed by atoms with E-state index in [0.29, 0.717) is 32.1 Å². The monoisotopic (exact) mass is 641 g/mol. The smallest absolute Gasteiger partial charge is 0.271 e. The number of hydrogen-bond acceptors (Lipinski definition) is 4. The summed E-state index contributed by atoms with van der Waals surface area (Å²) in [5, 5.41) is 7.32. The van der Waals surface area contributed by atoms with Crippen LogP contribution in [0.25, 0.3) is 0 Å². The van der Waals surface area contributed by atoms with Gasteiger partial charge in [-0.15, -0.1) is 0 Å². The molecule has 32 heavy (non-hydrogen) atoms. The van der Waals surface area contributed by atoms with Crippen molar-refractivity contribution >= 4 is 83.1 Å². The van der Waals surface area contributed by atoms with E-state index in [9.17, 15) is 9.59 Å². The summed E-state index contributed by atoms with van der Waals surface area (Å²) >= 11 is 16.0. The van der Waals surface area contributed by atoms with E-state index in [-0.39, 0.29) is 18.4 Å². The van der Waals surface area contributed by atoms with Gasteiger partial charge in [0.05, 0.1) is 10.7 Å². The van der Waals surface area contributed by atoms with Crippen LogP contribution in [0, 0.1) is 0 Å². The summed E-state index contributed by atoms with van der Waals surface area (Å²) in [4.78, 5) is 24.5. The van der Waals surface area contributed by atoms with Crippen LogP contribution in [0.5, 0.6) is 5.75 Å². The zero-order chi connectivity index (χ0) is 23.1. The molecule has 3 aromatic carbocycles. The van der Waals surface area contributed by atoms with Crippen molar-refractivity contribution in [3.63, 3.8) is 0 Å². The minimum atomic E-state index is -0.354. The highest BCUT2D eigenvalue weighted by Gasteiger charge is 2.12. The lowest BCUT2D eigenvalue weighted by Crippen LogP contribution is -2.21. The third-order valence-electron chi connectivity index (χ3n) is 3.99. The van der Waals surface area contributed by atoms with E-state index in [1.165, 1.54) is 6.21 Å². The molecule has 0 heterocycles. The first kappa shape index (κ1) is 24.4. The SMILES string of the molecule is O=C(COc1c(Br)cc(Br)cc1/C=N/NC(=O)c1ccc(Br)cc1)Nc1ccc(Cl)cc1. The van der Waals surface area contributed by atoms with Crippen molar-refractivity contribution in [2.45, 2.75) is 0 Å². The van der Waals surface area contributed by atoms with Crippen molar-refractivity contribution in [1.82, 2.24) is 5.43 Å². The molecule has 0 radical (unpaired) electrons. The van der Waals surface area contributed by atoms with E-state index in [2.05, 4.69) is 63.6 Å². The molecule has 3 rings (SSSR count). The topological polar surface area (TPSA) is 79.8 Å². The van der Waals surface area contributed by atoms with Gasteiger partial charge in [0.25, 0.3) is 11.8 Å². The molecule has 0 aliphatic rings. The van der Waals surface area contributed by atoms with Gasteiger partial charge in [0.2, 0.25) is 0 Å². The molecular formula is C22H15Br3ClN3O3. The van der Waals surface area contributed by atoms with Gasteiger partial charge in [-0.05, 0) is 76.6 Å². The van der Waals surface area contributed by atoms with Crippen LogP contribution in [0.3, 0.4) is 0 Å². The Morgan fingerprint density at radius 1 is 0.969 bits per heavy atom. The predicted molar refractivity (Wildman–Crippen MR) is 137 cm³/mol. The molecule has 0 aromatic heterocycles. The highest BCUT2D eigenvalue weighted by Crippen LogP contribution is 2.32. The van der Waals surface area contributed by atoms with E-state index in [1.54, 1.807) is 60.7 Å². The molecule has 0 aliphatic heterocycles. The van der Waals surface area contributed by atoms with Gasteiger partial charge in [0.1, 0.15) is 5.75 Å². The number of rotatable bonds is 7. The first-order valence-corrected chi connectivity index (χ1v) is 11.8. The maximum atomic E-state index is 12.3. The molecule has 0 saturated carbocycles. The third-order valence-corrected chi connectivity index (χ3v) is 5.82. The van der Waals surface area contributed by atoms with Crippen molar-refractivity contribution in [3.05, 3.63) is 90.2 Å². The first-order chi connectivity index (χ1) is 15.3. The van der Waals surface area contributed by atoms with Gasteiger partial charge in [-0.2, -0.15) is 5.10 Å². The Morgan fingerprint density at radius 2 is 1.66 bits per heavy atom. The highest BCUT2D eigenvalue weighted by molar-refractivity contribution is 9.11. The lowest BCUT2D eigenvalue weighted by molar-refractivity contribution is -0.118. The first-order valence-electron chi connectivity index (χ1n) is 9.08. The fourth-order valence-electron chi connectivity index (χ4n) is 2.52. The fourth-order valence-corrected chi connectivity index (χ4v) is 4.29. The van der Waals surface area contributed by atoms with Crippen LogP contribution in [0.15, 0.2) is 79.2 Å². The second kappa shape index (κ2) is 11.6. The number of carbonyl (C=O) groups is 2. The Labute approximate surface area is 214 Å². The van der Waals surface area contributed by atoms with Gasteiger partial charge in [-0.3, -0.25) is 9.59 Å². The second-order valence-electron chi connectivity index (χ2n) is 6.36. The van der Waals surface area contributed by atoms with Crippen molar-refractivity contribution in [3.8, 4) is 5.75 Å². The van der Waals surface area contributed by atoms with Crippen molar-refractivity contribution in [2.75, 3.05) is 11.9 Å². The maximum Gasteiger partial charge on any atom is 0.271 e. The Bertz CT molecular complexity index is 1150. The van der Waals surface area contributed by atoms with Crippen LogP contribution in [0.4, 0.5) is 5.69 Å². The standard InChI is InChI=1S/C22H15Br3ClN3O3/c23-15-3-1-13(2-4-15)22(31)29-27-11-14-9-16(24)10-19(25)21(14)32-12-20(30)28-18-7-5-17(26)6-8-18/h1-11H,12H2,(H,28,30)(H,29,31)/b27-11+. The van der Waals surface area contributed by atoms with E-state index >= 15 is 0 Å². The Hall–Kier alpha value is -2.20. The quantitative estimate of drug-likeness (QED) is 0.231. The number of hydrazone groups is 1. The molecule has 164 valence electrons. The molecule has 0 saturated heterocycles. The number of ether oxygens (including phenoxy) is 1. The zero-order valence-corrected chi connectivity index (χ0v) is 21.8. The second-order valence-corrected chi connectivity index (χ2v) is 9.48.